The summed E-state index contributed by atoms with van der Waals surface area (Å²) in [5.74, 6) is 2.23. The minimum absolute atomic E-state index is 0.187. The van der Waals surface area contributed by atoms with Crippen LogP contribution in [-0.2, 0) is 13.0 Å². The highest BCUT2D eigenvalue weighted by atomic mass is 19.1. The molecule has 0 aliphatic carbocycles. The van der Waals surface area contributed by atoms with Crippen molar-refractivity contribution in [2.45, 2.75) is 39.7 Å². The van der Waals surface area contributed by atoms with Crippen LogP contribution < -0.4 is 5.32 Å². The van der Waals surface area contributed by atoms with Crippen LogP contribution in [0.2, 0.25) is 0 Å². The lowest BCUT2D eigenvalue weighted by atomic mass is 9.85. The van der Waals surface area contributed by atoms with E-state index in [0.29, 0.717) is 5.92 Å². The zero-order valence-corrected chi connectivity index (χ0v) is 12.9. The van der Waals surface area contributed by atoms with Gasteiger partial charge in [0.15, 0.2) is 0 Å². The molecule has 3 nitrogen and oxygen atoms in total. The Morgan fingerprint density at radius 1 is 1.48 bits per heavy atom. The quantitative estimate of drug-likeness (QED) is 0.935. The summed E-state index contributed by atoms with van der Waals surface area (Å²) >= 11 is 0. The lowest BCUT2D eigenvalue weighted by Gasteiger charge is -2.28. The van der Waals surface area contributed by atoms with Crippen molar-refractivity contribution in [2.24, 2.45) is 11.8 Å². The lowest BCUT2D eigenvalue weighted by molar-refractivity contribution is 0.274. The van der Waals surface area contributed by atoms with E-state index in [1.165, 1.54) is 18.9 Å². The molecule has 0 spiro atoms. The highest BCUT2D eigenvalue weighted by molar-refractivity contribution is 5.76. The number of nitrogens with one attached hydrogen (secondary N) is 1. The van der Waals surface area contributed by atoms with Gasteiger partial charge < -0.3 is 9.88 Å². The molecule has 1 N–H and O–H groups in total. The number of aromatic nitrogens is 2. The fourth-order valence-electron chi connectivity index (χ4n) is 3.47. The molecular formula is C17H24FN3. The molecule has 0 amide bonds. The van der Waals surface area contributed by atoms with Crippen molar-refractivity contribution < 1.29 is 4.39 Å². The molecule has 3 rings (SSSR count). The molecule has 114 valence electrons. The fourth-order valence-corrected chi connectivity index (χ4v) is 3.47. The number of nitrogens with zero attached hydrogens (tertiary/aromatic N) is 2. The summed E-state index contributed by atoms with van der Waals surface area (Å²) in [5, 5.41) is 3.49. The average molecular weight is 289 g/mol. The first-order valence-electron chi connectivity index (χ1n) is 8.04. The predicted molar refractivity (Wildman–Crippen MR) is 83.8 cm³/mol. The van der Waals surface area contributed by atoms with Gasteiger partial charge in [-0.3, -0.25) is 0 Å². The monoisotopic (exact) mass is 289 g/mol. The maximum Gasteiger partial charge on any atom is 0.125 e. The Morgan fingerprint density at radius 3 is 3.05 bits per heavy atom. The van der Waals surface area contributed by atoms with E-state index < -0.39 is 0 Å². The van der Waals surface area contributed by atoms with Gasteiger partial charge in [-0.2, -0.15) is 0 Å². The zero-order valence-electron chi connectivity index (χ0n) is 12.9. The van der Waals surface area contributed by atoms with E-state index in [-0.39, 0.29) is 5.82 Å². The van der Waals surface area contributed by atoms with Crippen molar-refractivity contribution >= 4 is 11.0 Å². The van der Waals surface area contributed by atoms with E-state index >= 15 is 0 Å². The summed E-state index contributed by atoms with van der Waals surface area (Å²) in [4.78, 5) is 4.74. The van der Waals surface area contributed by atoms with E-state index in [2.05, 4.69) is 23.7 Å². The molecule has 0 radical (unpaired) electrons. The van der Waals surface area contributed by atoms with E-state index in [4.69, 9.17) is 4.98 Å². The van der Waals surface area contributed by atoms with Crippen LogP contribution in [0.1, 0.15) is 32.5 Å². The number of fused-ring (bicyclic) bond motifs is 1. The summed E-state index contributed by atoms with van der Waals surface area (Å²) in [7, 11) is 0. The standard InChI is InChI=1S/C17H24FN3/c1-3-21-16-10-14(18)6-7-15(16)20-17(21)9-12(2)13-5-4-8-19-11-13/h6-7,10,12-13,19H,3-5,8-9,11H2,1-2H3. The van der Waals surface area contributed by atoms with Crippen LogP contribution in [0.4, 0.5) is 4.39 Å². The first-order valence-corrected chi connectivity index (χ1v) is 8.04. The van der Waals surface area contributed by atoms with Gasteiger partial charge in [0.05, 0.1) is 11.0 Å². The van der Waals surface area contributed by atoms with Crippen molar-refractivity contribution in [3.63, 3.8) is 0 Å². The van der Waals surface area contributed by atoms with Gasteiger partial charge in [0.25, 0.3) is 0 Å². The molecular weight excluding hydrogens is 265 g/mol. The molecule has 1 aromatic carbocycles. The molecule has 1 aliphatic rings. The Kier molecular flexibility index (Phi) is 4.24. The van der Waals surface area contributed by atoms with Gasteiger partial charge in [-0.15, -0.1) is 0 Å². The van der Waals surface area contributed by atoms with Crippen molar-refractivity contribution in [1.29, 1.82) is 0 Å². The molecule has 2 aromatic rings. The Balaban J connectivity index is 1.85. The zero-order chi connectivity index (χ0) is 14.8. The Labute approximate surface area is 125 Å². The van der Waals surface area contributed by atoms with Gasteiger partial charge in [-0.05, 0) is 62.9 Å². The molecule has 2 heterocycles. The Hall–Kier alpha value is -1.42. The minimum Gasteiger partial charge on any atom is -0.328 e. The molecule has 0 bridgehead atoms. The van der Waals surface area contributed by atoms with Crippen molar-refractivity contribution in [1.82, 2.24) is 14.9 Å². The van der Waals surface area contributed by atoms with Crippen LogP contribution in [0.25, 0.3) is 11.0 Å². The molecule has 4 heteroatoms. The van der Waals surface area contributed by atoms with Gasteiger partial charge in [0.2, 0.25) is 0 Å². The van der Waals surface area contributed by atoms with E-state index in [0.717, 1.165) is 48.8 Å². The first kappa shape index (κ1) is 14.5. The van der Waals surface area contributed by atoms with Crippen LogP contribution in [-0.4, -0.2) is 22.6 Å². The number of aryl methyl sites for hydroxylation is 1. The van der Waals surface area contributed by atoms with Crippen LogP contribution in [0.3, 0.4) is 0 Å². The molecule has 1 fully saturated rings. The smallest absolute Gasteiger partial charge is 0.125 e. The van der Waals surface area contributed by atoms with Crippen LogP contribution in [0.5, 0.6) is 0 Å². The van der Waals surface area contributed by atoms with E-state index in [1.54, 1.807) is 12.1 Å². The maximum absolute atomic E-state index is 13.5. The number of benzene rings is 1. The molecule has 2 unspecified atom stereocenters. The van der Waals surface area contributed by atoms with Crippen LogP contribution in [0.15, 0.2) is 18.2 Å². The summed E-state index contributed by atoms with van der Waals surface area (Å²) in [6.45, 7) is 7.52. The van der Waals surface area contributed by atoms with Crippen LogP contribution >= 0.6 is 0 Å². The molecule has 1 aliphatic heterocycles. The molecule has 0 saturated carbocycles. The second-order valence-corrected chi connectivity index (χ2v) is 6.19. The number of halogens is 1. The fraction of sp³-hybridized carbons (Fsp3) is 0.588. The largest absolute Gasteiger partial charge is 0.328 e. The third kappa shape index (κ3) is 2.95. The molecule has 1 saturated heterocycles. The number of rotatable bonds is 4. The third-order valence-electron chi connectivity index (χ3n) is 4.75. The predicted octanol–water partition coefficient (Wildman–Crippen LogP) is 3.37. The van der Waals surface area contributed by atoms with Crippen molar-refractivity contribution in [3.8, 4) is 0 Å². The molecule has 1 aromatic heterocycles. The Morgan fingerprint density at radius 2 is 2.33 bits per heavy atom. The minimum atomic E-state index is -0.187. The van der Waals surface area contributed by atoms with Crippen molar-refractivity contribution in [2.75, 3.05) is 13.1 Å². The second-order valence-electron chi connectivity index (χ2n) is 6.19. The summed E-state index contributed by atoms with van der Waals surface area (Å²) in [6.07, 6.45) is 3.54. The van der Waals surface area contributed by atoms with Crippen molar-refractivity contribution in [3.05, 3.63) is 29.8 Å². The SMILES string of the molecule is CCn1c(CC(C)C2CCCNC2)nc2ccc(F)cc21. The highest BCUT2D eigenvalue weighted by Gasteiger charge is 2.22. The van der Waals surface area contributed by atoms with Gasteiger partial charge >= 0.3 is 0 Å². The maximum atomic E-state index is 13.5. The van der Waals surface area contributed by atoms with E-state index in [9.17, 15) is 4.39 Å². The van der Waals surface area contributed by atoms with Gasteiger partial charge in [-0.1, -0.05) is 6.92 Å². The van der Waals surface area contributed by atoms with Gasteiger partial charge in [-0.25, -0.2) is 9.37 Å². The second kappa shape index (κ2) is 6.14. The summed E-state index contributed by atoms with van der Waals surface area (Å²) in [6, 6.07) is 4.88. The van der Waals surface area contributed by atoms with Gasteiger partial charge in [0, 0.05) is 13.0 Å². The highest BCUT2D eigenvalue weighted by Crippen LogP contribution is 2.25. The Bertz CT molecular complexity index is 614. The lowest BCUT2D eigenvalue weighted by Crippen LogP contribution is -2.34. The first-order chi connectivity index (χ1) is 10.2. The van der Waals surface area contributed by atoms with Gasteiger partial charge in [0.1, 0.15) is 11.6 Å². The topological polar surface area (TPSA) is 29.9 Å². The number of imidazole rings is 1. The third-order valence-corrected chi connectivity index (χ3v) is 4.75. The molecule has 21 heavy (non-hydrogen) atoms. The molecule has 2 atom stereocenters. The number of piperidine rings is 1. The normalized spacial score (nSPS) is 20.8. The summed E-state index contributed by atoms with van der Waals surface area (Å²) in [5.41, 5.74) is 1.82. The van der Waals surface area contributed by atoms with Crippen LogP contribution in [0, 0.1) is 17.7 Å². The summed E-state index contributed by atoms with van der Waals surface area (Å²) < 4.78 is 15.6. The number of hydrogen-bond donors (Lipinski definition) is 1. The average Bonchev–Trinajstić information content (AvgIpc) is 2.84. The van der Waals surface area contributed by atoms with E-state index in [1.807, 2.05) is 0 Å². The number of hydrogen-bond acceptors (Lipinski definition) is 2.